The molecule has 2 rings (SSSR count). The Hall–Kier alpha value is -1.59. The first-order valence-electron chi connectivity index (χ1n) is 8.82. The zero-order chi connectivity index (χ0) is 21.2. The lowest BCUT2D eigenvalue weighted by molar-refractivity contribution is -0.116. The van der Waals surface area contributed by atoms with Crippen LogP contribution in [0.3, 0.4) is 0 Å². The molecule has 8 heteroatoms. The monoisotopic (exact) mass is 476 g/mol. The maximum atomic E-state index is 11.1. The second-order valence-corrected chi connectivity index (χ2v) is 7.92. The quantitative estimate of drug-likeness (QED) is 0.339. The van der Waals surface area contributed by atoms with Crippen molar-refractivity contribution < 1.29 is 19.0 Å². The van der Waals surface area contributed by atoms with Gasteiger partial charge in [-0.2, -0.15) is 0 Å². The molecule has 156 valence electrons. The molecule has 0 saturated carbocycles. The fourth-order valence-corrected chi connectivity index (χ4v) is 3.08. The third-order valence-electron chi connectivity index (χ3n) is 3.64. The fourth-order valence-electron chi connectivity index (χ4n) is 2.37. The summed E-state index contributed by atoms with van der Waals surface area (Å²) in [5, 5.41) is 0.686. The Morgan fingerprint density at radius 3 is 2.14 bits per heavy atom. The van der Waals surface area contributed by atoms with Crippen LogP contribution in [-0.2, 0) is 11.2 Å². The first-order chi connectivity index (χ1) is 13.8. The molecule has 0 N–H and O–H groups in total. The van der Waals surface area contributed by atoms with Gasteiger partial charge in [0.25, 0.3) is 0 Å². The summed E-state index contributed by atoms with van der Waals surface area (Å²) in [5.74, 6) is 1.74. The standard InChI is InChI=1S/C21H20Cl4O4/c1-14(26)11-15-3-5-16(6-4-15)27-8-2-9-29-21-18(22)12-17(13-19(21)23)28-10-7-20(24)25/h3-7,12-13H,2,8-11H2,1H3. The molecule has 0 heterocycles. The van der Waals surface area contributed by atoms with Crippen LogP contribution in [0.15, 0.2) is 47.0 Å². The van der Waals surface area contributed by atoms with Crippen LogP contribution in [-0.4, -0.2) is 25.6 Å². The lowest BCUT2D eigenvalue weighted by Crippen LogP contribution is -2.06. The molecular formula is C21H20Cl4O4. The van der Waals surface area contributed by atoms with E-state index >= 15 is 0 Å². The maximum absolute atomic E-state index is 11.1. The molecule has 0 radical (unpaired) electrons. The molecule has 0 atom stereocenters. The molecule has 2 aromatic carbocycles. The average molecular weight is 478 g/mol. The highest BCUT2D eigenvalue weighted by Gasteiger charge is 2.10. The lowest BCUT2D eigenvalue weighted by Gasteiger charge is -2.12. The Labute approximate surface area is 190 Å². The van der Waals surface area contributed by atoms with Crippen LogP contribution in [0.5, 0.6) is 17.2 Å². The van der Waals surface area contributed by atoms with E-state index in [4.69, 9.17) is 60.6 Å². The number of hydrogen-bond acceptors (Lipinski definition) is 4. The van der Waals surface area contributed by atoms with Crippen molar-refractivity contribution in [3.05, 3.63) is 62.6 Å². The first-order valence-corrected chi connectivity index (χ1v) is 10.3. The van der Waals surface area contributed by atoms with Crippen molar-refractivity contribution in [1.29, 1.82) is 0 Å². The van der Waals surface area contributed by atoms with Gasteiger partial charge in [0.15, 0.2) is 5.75 Å². The van der Waals surface area contributed by atoms with Gasteiger partial charge in [0.2, 0.25) is 0 Å². The molecule has 0 aliphatic rings. The fraction of sp³-hybridized carbons (Fsp3) is 0.286. The van der Waals surface area contributed by atoms with Crippen molar-refractivity contribution in [3.63, 3.8) is 0 Å². The van der Waals surface area contributed by atoms with Gasteiger partial charge in [0, 0.05) is 25.0 Å². The van der Waals surface area contributed by atoms with Crippen molar-refractivity contribution >= 4 is 52.2 Å². The zero-order valence-electron chi connectivity index (χ0n) is 15.7. The molecule has 0 saturated heterocycles. The third kappa shape index (κ3) is 8.75. The number of ketones is 1. The van der Waals surface area contributed by atoms with Crippen LogP contribution >= 0.6 is 46.4 Å². The van der Waals surface area contributed by atoms with Gasteiger partial charge in [-0.15, -0.1) is 0 Å². The average Bonchev–Trinajstić information content (AvgIpc) is 2.64. The van der Waals surface area contributed by atoms with Gasteiger partial charge < -0.3 is 14.2 Å². The van der Waals surface area contributed by atoms with Crippen LogP contribution in [0, 0.1) is 0 Å². The Morgan fingerprint density at radius 2 is 1.55 bits per heavy atom. The number of carbonyl (C=O) groups is 1. The lowest BCUT2D eigenvalue weighted by atomic mass is 10.1. The summed E-state index contributed by atoms with van der Waals surface area (Å²) in [6.45, 7) is 2.61. The van der Waals surface area contributed by atoms with Gasteiger partial charge in [0.05, 0.1) is 23.3 Å². The highest BCUT2D eigenvalue weighted by Crippen LogP contribution is 2.37. The van der Waals surface area contributed by atoms with E-state index in [1.54, 1.807) is 19.1 Å². The minimum Gasteiger partial charge on any atom is -0.493 e. The van der Waals surface area contributed by atoms with Gasteiger partial charge in [-0.3, -0.25) is 4.79 Å². The minimum absolute atomic E-state index is 0.122. The molecule has 0 fully saturated rings. The molecule has 0 aliphatic carbocycles. The number of halogens is 4. The second-order valence-electron chi connectivity index (χ2n) is 6.09. The number of ether oxygens (including phenoxy) is 3. The third-order valence-corrected chi connectivity index (χ3v) is 4.51. The van der Waals surface area contributed by atoms with Crippen molar-refractivity contribution in [2.45, 2.75) is 19.8 Å². The smallest absolute Gasteiger partial charge is 0.156 e. The van der Waals surface area contributed by atoms with E-state index in [1.807, 2.05) is 24.3 Å². The number of Topliss-reactive ketones (excluding diaryl/α,β-unsaturated/α-hetero) is 1. The van der Waals surface area contributed by atoms with Gasteiger partial charge in [-0.05, 0) is 30.7 Å². The first kappa shape index (κ1) is 23.7. The predicted molar refractivity (Wildman–Crippen MR) is 118 cm³/mol. The van der Waals surface area contributed by atoms with Crippen LogP contribution in [0.2, 0.25) is 10.0 Å². The largest absolute Gasteiger partial charge is 0.493 e. The van der Waals surface area contributed by atoms with E-state index in [0.29, 0.717) is 47.6 Å². The molecule has 0 aliphatic heterocycles. The van der Waals surface area contributed by atoms with Gasteiger partial charge in [-0.25, -0.2) is 0 Å². The highest BCUT2D eigenvalue weighted by atomic mass is 35.5. The zero-order valence-corrected chi connectivity index (χ0v) is 18.7. The summed E-state index contributed by atoms with van der Waals surface area (Å²) >= 11 is 23.5. The molecular weight excluding hydrogens is 458 g/mol. The summed E-state index contributed by atoms with van der Waals surface area (Å²) < 4.78 is 16.9. The van der Waals surface area contributed by atoms with Gasteiger partial charge in [-0.1, -0.05) is 58.5 Å². The Bertz CT molecular complexity index is 823. The van der Waals surface area contributed by atoms with Crippen molar-refractivity contribution in [2.24, 2.45) is 0 Å². The van der Waals surface area contributed by atoms with Crippen molar-refractivity contribution in [3.8, 4) is 17.2 Å². The summed E-state index contributed by atoms with van der Waals surface area (Å²) in [6.07, 6.45) is 2.57. The molecule has 0 spiro atoms. The molecule has 0 unspecified atom stereocenters. The summed E-state index contributed by atoms with van der Waals surface area (Å²) in [5.41, 5.74) is 0.965. The van der Waals surface area contributed by atoms with E-state index in [0.717, 1.165) is 11.3 Å². The molecule has 2 aromatic rings. The summed E-state index contributed by atoms with van der Waals surface area (Å²) in [7, 11) is 0. The van der Waals surface area contributed by atoms with Crippen molar-refractivity contribution in [2.75, 3.05) is 19.8 Å². The second kappa shape index (κ2) is 12.2. The molecule has 29 heavy (non-hydrogen) atoms. The van der Waals surface area contributed by atoms with E-state index in [2.05, 4.69) is 0 Å². The Kier molecular flexibility index (Phi) is 9.95. The SMILES string of the molecule is CC(=O)Cc1ccc(OCCCOc2c(Cl)cc(OCC=C(Cl)Cl)cc2Cl)cc1. The highest BCUT2D eigenvalue weighted by molar-refractivity contribution is 6.55. The Morgan fingerprint density at radius 1 is 0.931 bits per heavy atom. The van der Waals surface area contributed by atoms with Crippen LogP contribution < -0.4 is 14.2 Å². The number of hydrogen-bond donors (Lipinski definition) is 0. The Balaban J connectivity index is 1.77. The van der Waals surface area contributed by atoms with E-state index in [-0.39, 0.29) is 16.9 Å². The van der Waals surface area contributed by atoms with Crippen molar-refractivity contribution in [1.82, 2.24) is 0 Å². The van der Waals surface area contributed by atoms with E-state index in [9.17, 15) is 4.79 Å². The normalized spacial score (nSPS) is 10.4. The molecule has 4 nitrogen and oxygen atoms in total. The number of carbonyl (C=O) groups excluding carboxylic acids is 1. The topological polar surface area (TPSA) is 44.8 Å². The summed E-state index contributed by atoms with van der Waals surface area (Å²) in [6, 6.07) is 10.7. The molecule has 0 aromatic heterocycles. The maximum Gasteiger partial charge on any atom is 0.156 e. The predicted octanol–water partition coefficient (Wildman–Crippen LogP) is 6.67. The minimum atomic E-state index is 0.122. The van der Waals surface area contributed by atoms with Crippen LogP contribution in [0.25, 0.3) is 0 Å². The van der Waals surface area contributed by atoms with Crippen LogP contribution in [0.4, 0.5) is 0 Å². The van der Waals surface area contributed by atoms with E-state index < -0.39 is 0 Å². The molecule has 0 bridgehead atoms. The van der Waals surface area contributed by atoms with E-state index in [1.165, 1.54) is 6.08 Å². The summed E-state index contributed by atoms with van der Waals surface area (Å²) in [4.78, 5) is 11.1. The van der Waals surface area contributed by atoms with Gasteiger partial charge >= 0.3 is 0 Å². The number of benzene rings is 2. The number of rotatable bonds is 11. The molecule has 0 amide bonds. The van der Waals surface area contributed by atoms with Gasteiger partial charge in [0.1, 0.15) is 28.4 Å². The van der Waals surface area contributed by atoms with Crippen LogP contribution in [0.1, 0.15) is 18.9 Å².